The third-order valence-corrected chi connectivity index (χ3v) is 5.30. The first-order valence-electron chi connectivity index (χ1n) is 8.35. The van der Waals surface area contributed by atoms with Crippen LogP contribution in [0.3, 0.4) is 0 Å². The van der Waals surface area contributed by atoms with Crippen molar-refractivity contribution in [2.75, 3.05) is 5.32 Å². The molecular formula is C20H16N4O2S. The van der Waals surface area contributed by atoms with Crippen molar-refractivity contribution in [1.29, 1.82) is 0 Å². The van der Waals surface area contributed by atoms with Crippen molar-refractivity contribution in [2.45, 2.75) is 13.8 Å². The van der Waals surface area contributed by atoms with E-state index in [1.807, 2.05) is 40.9 Å². The van der Waals surface area contributed by atoms with Crippen LogP contribution in [0, 0.1) is 6.92 Å². The SMILES string of the molecule is CC(=O)c1sc(NC(=O)c2ccn3cc(-c4ccccc4)nc3c2)nc1C. The lowest BCUT2D eigenvalue weighted by Gasteiger charge is -2.02. The number of nitrogens with zero attached hydrogens (tertiary/aromatic N) is 3. The Hall–Kier alpha value is -3.32. The molecule has 4 aromatic rings. The van der Waals surface area contributed by atoms with E-state index in [-0.39, 0.29) is 11.7 Å². The Morgan fingerprint density at radius 1 is 1.11 bits per heavy atom. The first-order chi connectivity index (χ1) is 13.0. The zero-order chi connectivity index (χ0) is 19.0. The van der Waals surface area contributed by atoms with Gasteiger partial charge in [0, 0.05) is 30.4 Å². The summed E-state index contributed by atoms with van der Waals surface area (Å²) in [7, 11) is 0. The molecule has 0 aliphatic carbocycles. The Labute approximate surface area is 159 Å². The Morgan fingerprint density at radius 2 is 1.89 bits per heavy atom. The number of amides is 1. The molecule has 0 saturated heterocycles. The van der Waals surface area contributed by atoms with Crippen molar-refractivity contribution in [1.82, 2.24) is 14.4 Å². The number of hydrogen-bond donors (Lipinski definition) is 1. The summed E-state index contributed by atoms with van der Waals surface area (Å²) in [5, 5.41) is 3.17. The number of fused-ring (bicyclic) bond motifs is 1. The average Bonchev–Trinajstić information content (AvgIpc) is 3.25. The van der Waals surface area contributed by atoms with Gasteiger partial charge in [0.05, 0.1) is 16.3 Å². The summed E-state index contributed by atoms with van der Waals surface area (Å²) in [6.45, 7) is 3.24. The lowest BCUT2D eigenvalue weighted by Crippen LogP contribution is -2.12. The molecule has 0 fully saturated rings. The fourth-order valence-corrected chi connectivity index (χ4v) is 3.67. The molecule has 3 heterocycles. The van der Waals surface area contributed by atoms with Crippen molar-refractivity contribution in [3.8, 4) is 11.3 Å². The first kappa shape index (κ1) is 17.1. The highest BCUT2D eigenvalue weighted by atomic mass is 32.1. The van der Waals surface area contributed by atoms with Gasteiger partial charge in [-0.05, 0) is 19.1 Å². The minimum Gasteiger partial charge on any atom is -0.306 e. The van der Waals surface area contributed by atoms with Crippen LogP contribution < -0.4 is 5.32 Å². The largest absolute Gasteiger partial charge is 0.306 e. The number of aryl methyl sites for hydroxylation is 1. The molecule has 0 aliphatic rings. The normalized spacial score (nSPS) is 10.9. The molecule has 1 aromatic carbocycles. The number of imidazole rings is 1. The molecule has 0 spiro atoms. The van der Waals surface area contributed by atoms with Crippen LogP contribution in [0.2, 0.25) is 0 Å². The molecule has 134 valence electrons. The van der Waals surface area contributed by atoms with E-state index in [1.165, 1.54) is 18.3 Å². The third-order valence-electron chi connectivity index (χ3n) is 4.13. The van der Waals surface area contributed by atoms with Crippen molar-refractivity contribution in [2.24, 2.45) is 0 Å². The van der Waals surface area contributed by atoms with E-state index in [0.717, 1.165) is 11.3 Å². The van der Waals surface area contributed by atoms with Crippen LogP contribution in [0.25, 0.3) is 16.9 Å². The highest BCUT2D eigenvalue weighted by Gasteiger charge is 2.15. The number of rotatable bonds is 4. The second-order valence-electron chi connectivity index (χ2n) is 6.12. The van der Waals surface area contributed by atoms with Gasteiger partial charge in [-0.15, -0.1) is 0 Å². The summed E-state index contributed by atoms with van der Waals surface area (Å²) in [5.74, 6) is -0.344. The van der Waals surface area contributed by atoms with Gasteiger partial charge in [-0.3, -0.25) is 14.9 Å². The van der Waals surface area contributed by atoms with Crippen LogP contribution in [-0.4, -0.2) is 26.1 Å². The number of hydrogen-bond acceptors (Lipinski definition) is 5. The number of nitrogens with one attached hydrogen (secondary N) is 1. The van der Waals surface area contributed by atoms with Crippen LogP contribution in [0.1, 0.15) is 32.6 Å². The molecule has 0 saturated carbocycles. The summed E-state index contributed by atoms with van der Waals surface area (Å²) >= 11 is 1.18. The zero-order valence-corrected chi connectivity index (χ0v) is 15.6. The molecule has 0 atom stereocenters. The summed E-state index contributed by atoms with van der Waals surface area (Å²) in [6.07, 6.45) is 3.73. The smallest absolute Gasteiger partial charge is 0.257 e. The maximum absolute atomic E-state index is 12.6. The number of thiazole rings is 1. The highest BCUT2D eigenvalue weighted by molar-refractivity contribution is 7.17. The van der Waals surface area contributed by atoms with Gasteiger partial charge in [-0.1, -0.05) is 41.7 Å². The third kappa shape index (κ3) is 3.37. The molecule has 7 heteroatoms. The van der Waals surface area contributed by atoms with Crippen molar-refractivity contribution < 1.29 is 9.59 Å². The lowest BCUT2D eigenvalue weighted by molar-refractivity contribution is 0.101. The number of Topliss-reactive ketones (excluding diaryl/α,β-unsaturated/α-hetero) is 1. The Balaban J connectivity index is 1.61. The molecule has 0 aliphatic heterocycles. The Morgan fingerprint density at radius 3 is 2.59 bits per heavy atom. The number of pyridine rings is 1. The van der Waals surface area contributed by atoms with Crippen molar-refractivity contribution in [3.63, 3.8) is 0 Å². The molecular weight excluding hydrogens is 360 g/mol. The monoisotopic (exact) mass is 376 g/mol. The fourth-order valence-electron chi connectivity index (χ4n) is 2.82. The van der Waals surface area contributed by atoms with E-state index in [1.54, 1.807) is 25.3 Å². The van der Waals surface area contributed by atoms with E-state index >= 15 is 0 Å². The minimum absolute atomic E-state index is 0.0576. The van der Waals surface area contributed by atoms with E-state index < -0.39 is 0 Å². The van der Waals surface area contributed by atoms with E-state index in [4.69, 9.17) is 0 Å². The summed E-state index contributed by atoms with van der Waals surface area (Å²) < 4.78 is 1.88. The van der Waals surface area contributed by atoms with Gasteiger partial charge in [0.2, 0.25) is 0 Å². The minimum atomic E-state index is -0.286. The number of carbonyl (C=O) groups is 2. The van der Waals surface area contributed by atoms with Gasteiger partial charge < -0.3 is 4.40 Å². The average molecular weight is 376 g/mol. The maximum atomic E-state index is 12.6. The number of carbonyl (C=O) groups excluding carboxylic acids is 2. The standard InChI is InChI=1S/C20H16N4O2S/c1-12-18(13(2)25)27-20(21-12)23-19(26)15-8-9-24-11-16(22-17(24)10-15)14-6-4-3-5-7-14/h3-11H,1-2H3,(H,21,23,26). The van der Waals surface area contributed by atoms with Gasteiger partial charge >= 0.3 is 0 Å². The van der Waals surface area contributed by atoms with Crippen molar-refractivity contribution in [3.05, 3.63) is 71.0 Å². The molecule has 27 heavy (non-hydrogen) atoms. The maximum Gasteiger partial charge on any atom is 0.257 e. The molecule has 1 amide bonds. The second kappa shape index (κ2) is 6.77. The summed E-state index contributed by atoms with van der Waals surface area (Å²) in [4.78, 5) is 33.5. The summed E-state index contributed by atoms with van der Waals surface area (Å²) in [6, 6.07) is 13.3. The number of anilines is 1. The van der Waals surface area contributed by atoms with E-state index in [2.05, 4.69) is 15.3 Å². The first-order valence-corrected chi connectivity index (χ1v) is 9.17. The Kier molecular flexibility index (Phi) is 4.29. The number of ketones is 1. The number of benzene rings is 1. The van der Waals surface area contributed by atoms with Gasteiger partial charge in [0.15, 0.2) is 10.9 Å². The van der Waals surface area contributed by atoms with E-state index in [0.29, 0.717) is 26.9 Å². The van der Waals surface area contributed by atoms with Crippen molar-refractivity contribution >= 4 is 33.8 Å². The molecule has 6 nitrogen and oxygen atoms in total. The van der Waals surface area contributed by atoms with Gasteiger partial charge in [0.1, 0.15) is 5.65 Å². The topological polar surface area (TPSA) is 76.4 Å². The fraction of sp³-hybridized carbons (Fsp3) is 0.100. The quantitative estimate of drug-likeness (QED) is 0.541. The molecule has 1 N–H and O–H groups in total. The van der Waals surface area contributed by atoms with Crippen LogP contribution in [0.15, 0.2) is 54.9 Å². The van der Waals surface area contributed by atoms with Gasteiger partial charge in [0.25, 0.3) is 5.91 Å². The van der Waals surface area contributed by atoms with Crippen LogP contribution in [0.4, 0.5) is 5.13 Å². The Bertz CT molecular complexity index is 1160. The molecule has 0 bridgehead atoms. The molecule has 0 radical (unpaired) electrons. The molecule has 0 unspecified atom stereocenters. The zero-order valence-electron chi connectivity index (χ0n) is 14.8. The summed E-state index contributed by atoms with van der Waals surface area (Å²) in [5.41, 5.74) is 3.64. The highest BCUT2D eigenvalue weighted by Crippen LogP contribution is 2.24. The predicted molar refractivity (Wildman–Crippen MR) is 105 cm³/mol. The molecule has 3 aromatic heterocycles. The second-order valence-corrected chi connectivity index (χ2v) is 7.12. The lowest BCUT2D eigenvalue weighted by atomic mass is 10.2. The van der Waals surface area contributed by atoms with Crippen LogP contribution in [0.5, 0.6) is 0 Å². The number of aromatic nitrogens is 3. The van der Waals surface area contributed by atoms with Crippen LogP contribution in [-0.2, 0) is 0 Å². The van der Waals surface area contributed by atoms with E-state index in [9.17, 15) is 9.59 Å². The van der Waals surface area contributed by atoms with Crippen LogP contribution >= 0.6 is 11.3 Å². The van der Waals surface area contributed by atoms with Gasteiger partial charge in [-0.2, -0.15) is 0 Å². The van der Waals surface area contributed by atoms with Gasteiger partial charge in [-0.25, -0.2) is 9.97 Å². The molecule has 4 rings (SSSR count). The predicted octanol–water partition coefficient (Wildman–Crippen LogP) is 4.22.